The van der Waals surface area contributed by atoms with Crippen molar-refractivity contribution in [2.45, 2.75) is 115 Å². The van der Waals surface area contributed by atoms with Gasteiger partial charge in [0.05, 0.1) is 5.60 Å². The molecule has 23 heavy (non-hydrogen) atoms. The van der Waals surface area contributed by atoms with E-state index in [1.54, 1.807) is 6.08 Å². The van der Waals surface area contributed by atoms with Gasteiger partial charge in [0.1, 0.15) is 0 Å². The summed E-state index contributed by atoms with van der Waals surface area (Å²) >= 11 is 0. The molecular formula is C21H38O2. The van der Waals surface area contributed by atoms with Crippen molar-refractivity contribution in [1.82, 2.24) is 0 Å². The predicted octanol–water partition coefficient (Wildman–Crippen LogP) is 6.12. The second-order valence-electron chi connectivity index (χ2n) is 7.43. The minimum absolute atomic E-state index is 0.0675. The summed E-state index contributed by atoms with van der Waals surface area (Å²) in [6.45, 7) is 2.27. The fourth-order valence-electron chi connectivity index (χ4n) is 3.47. The van der Waals surface area contributed by atoms with Crippen molar-refractivity contribution in [1.29, 1.82) is 0 Å². The zero-order chi connectivity index (χ0) is 16.8. The SMILES string of the molecule is CCCCCCCCCCCCCCCC[C@@]1(O)C=CC(=O)C1. The van der Waals surface area contributed by atoms with Crippen LogP contribution in [0.1, 0.15) is 110 Å². The lowest BCUT2D eigenvalue weighted by Gasteiger charge is -2.18. The number of carbonyl (C=O) groups is 1. The minimum Gasteiger partial charge on any atom is -0.385 e. The maximum Gasteiger partial charge on any atom is 0.158 e. The van der Waals surface area contributed by atoms with Gasteiger partial charge in [-0.2, -0.15) is 0 Å². The number of aliphatic hydroxyl groups is 1. The summed E-state index contributed by atoms with van der Waals surface area (Å²) in [6.07, 6.45) is 23.1. The van der Waals surface area contributed by atoms with Crippen molar-refractivity contribution in [3.63, 3.8) is 0 Å². The van der Waals surface area contributed by atoms with Crippen LogP contribution in [-0.4, -0.2) is 16.5 Å². The van der Waals surface area contributed by atoms with E-state index >= 15 is 0 Å². The van der Waals surface area contributed by atoms with Gasteiger partial charge in [-0.25, -0.2) is 0 Å². The molecular weight excluding hydrogens is 284 g/mol. The fourth-order valence-corrected chi connectivity index (χ4v) is 3.47. The van der Waals surface area contributed by atoms with E-state index in [2.05, 4.69) is 6.92 Å². The Kier molecular flexibility index (Phi) is 11.3. The van der Waals surface area contributed by atoms with Crippen LogP contribution < -0.4 is 0 Å². The van der Waals surface area contributed by atoms with Gasteiger partial charge in [-0.3, -0.25) is 4.79 Å². The number of hydrogen-bond acceptors (Lipinski definition) is 2. The number of carbonyl (C=O) groups excluding carboxylic acids is 1. The summed E-state index contributed by atoms with van der Waals surface area (Å²) < 4.78 is 0. The van der Waals surface area contributed by atoms with E-state index < -0.39 is 5.60 Å². The summed E-state index contributed by atoms with van der Waals surface area (Å²) in [5.74, 6) is 0.0675. The molecule has 0 aliphatic heterocycles. The molecule has 1 atom stereocenters. The van der Waals surface area contributed by atoms with Crippen molar-refractivity contribution in [3.8, 4) is 0 Å². The molecule has 0 bridgehead atoms. The Bertz CT molecular complexity index is 335. The van der Waals surface area contributed by atoms with Crippen molar-refractivity contribution in [3.05, 3.63) is 12.2 Å². The second-order valence-corrected chi connectivity index (χ2v) is 7.43. The quantitative estimate of drug-likeness (QED) is 0.369. The number of hydrogen-bond donors (Lipinski definition) is 1. The third kappa shape index (κ3) is 10.7. The van der Waals surface area contributed by atoms with E-state index in [-0.39, 0.29) is 5.78 Å². The van der Waals surface area contributed by atoms with Gasteiger partial charge < -0.3 is 5.11 Å². The monoisotopic (exact) mass is 322 g/mol. The Balaban J connectivity index is 1.77. The van der Waals surface area contributed by atoms with E-state index in [1.807, 2.05) is 0 Å². The fraction of sp³-hybridized carbons (Fsp3) is 0.857. The molecule has 0 unspecified atom stereocenters. The topological polar surface area (TPSA) is 37.3 Å². The molecule has 0 amide bonds. The van der Waals surface area contributed by atoms with Crippen molar-refractivity contribution in [2.75, 3.05) is 0 Å². The Morgan fingerprint density at radius 3 is 1.65 bits per heavy atom. The van der Waals surface area contributed by atoms with E-state index in [0.717, 1.165) is 12.8 Å². The minimum atomic E-state index is -0.825. The molecule has 0 heterocycles. The summed E-state index contributed by atoms with van der Waals surface area (Å²) in [5.41, 5.74) is -0.825. The second kappa shape index (κ2) is 12.8. The molecule has 0 aromatic heterocycles. The molecule has 2 heteroatoms. The number of ketones is 1. The van der Waals surface area contributed by atoms with Crippen LogP contribution in [0.15, 0.2) is 12.2 Å². The Labute approximate surface area is 143 Å². The smallest absolute Gasteiger partial charge is 0.158 e. The maximum absolute atomic E-state index is 11.2. The molecule has 134 valence electrons. The molecule has 0 fully saturated rings. The zero-order valence-electron chi connectivity index (χ0n) is 15.3. The van der Waals surface area contributed by atoms with Gasteiger partial charge in [-0.1, -0.05) is 96.8 Å². The van der Waals surface area contributed by atoms with Gasteiger partial charge in [0, 0.05) is 6.42 Å². The van der Waals surface area contributed by atoms with Crippen molar-refractivity contribution in [2.24, 2.45) is 0 Å². The lowest BCUT2D eigenvalue weighted by atomic mass is 9.95. The predicted molar refractivity (Wildman–Crippen MR) is 98.6 cm³/mol. The molecule has 1 aliphatic rings. The first-order valence-electron chi connectivity index (χ1n) is 10.1. The zero-order valence-corrected chi connectivity index (χ0v) is 15.3. The van der Waals surface area contributed by atoms with E-state index in [9.17, 15) is 9.90 Å². The van der Waals surface area contributed by atoms with E-state index in [1.165, 1.54) is 89.5 Å². The lowest BCUT2D eigenvalue weighted by molar-refractivity contribution is -0.116. The molecule has 2 nitrogen and oxygen atoms in total. The number of allylic oxidation sites excluding steroid dienone is 1. The molecule has 0 saturated heterocycles. The van der Waals surface area contributed by atoms with Gasteiger partial charge in [0.25, 0.3) is 0 Å². The summed E-state index contributed by atoms with van der Waals surface area (Å²) in [6, 6.07) is 0. The highest BCUT2D eigenvalue weighted by Crippen LogP contribution is 2.26. The van der Waals surface area contributed by atoms with Gasteiger partial charge in [0.15, 0.2) is 5.78 Å². The van der Waals surface area contributed by atoms with E-state index in [0.29, 0.717) is 6.42 Å². The molecule has 1 rings (SSSR count). The van der Waals surface area contributed by atoms with Gasteiger partial charge in [-0.15, -0.1) is 0 Å². The Hall–Kier alpha value is -0.630. The molecule has 1 N–H and O–H groups in total. The van der Waals surface area contributed by atoms with Crippen LogP contribution in [0.25, 0.3) is 0 Å². The number of unbranched alkanes of at least 4 members (excludes halogenated alkanes) is 13. The summed E-state index contributed by atoms with van der Waals surface area (Å²) in [7, 11) is 0. The molecule has 0 spiro atoms. The van der Waals surface area contributed by atoms with Crippen molar-refractivity contribution < 1.29 is 9.90 Å². The van der Waals surface area contributed by atoms with Crippen LogP contribution in [0.5, 0.6) is 0 Å². The standard InChI is InChI=1S/C21H38O2/c1-2-3-4-5-6-7-8-9-10-11-12-13-14-15-17-21(23)18-16-20(22)19-21/h16,18,23H,2-15,17,19H2,1H3/t21-/m1/s1. The first kappa shape index (κ1) is 20.4. The summed E-state index contributed by atoms with van der Waals surface area (Å²) in [5, 5.41) is 10.1. The third-order valence-corrected chi connectivity index (χ3v) is 5.02. The van der Waals surface area contributed by atoms with Gasteiger partial charge in [0.2, 0.25) is 0 Å². The highest BCUT2D eigenvalue weighted by molar-refractivity contribution is 5.93. The highest BCUT2D eigenvalue weighted by atomic mass is 16.3. The highest BCUT2D eigenvalue weighted by Gasteiger charge is 2.30. The number of rotatable bonds is 15. The van der Waals surface area contributed by atoms with Crippen LogP contribution in [0, 0.1) is 0 Å². The van der Waals surface area contributed by atoms with Crippen LogP contribution in [0.4, 0.5) is 0 Å². The lowest BCUT2D eigenvalue weighted by Crippen LogP contribution is -2.24. The average molecular weight is 323 g/mol. The largest absolute Gasteiger partial charge is 0.385 e. The molecule has 0 aromatic rings. The Morgan fingerprint density at radius 2 is 1.26 bits per heavy atom. The molecule has 0 saturated carbocycles. The first-order chi connectivity index (χ1) is 11.2. The average Bonchev–Trinajstić information content (AvgIpc) is 2.87. The molecule has 1 aliphatic carbocycles. The van der Waals surface area contributed by atoms with Crippen LogP contribution in [-0.2, 0) is 4.79 Å². The molecule has 0 radical (unpaired) electrons. The van der Waals surface area contributed by atoms with Gasteiger partial charge in [-0.05, 0) is 18.6 Å². The van der Waals surface area contributed by atoms with Crippen molar-refractivity contribution >= 4 is 5.78 Å². The first-order valence-corrected chi connectivity index (χ1v) is 10.1. The van der Waals surface area contributed by atoms with E-state index in [4.69, 9.17) is 0 Å². The van der Waals surface area contributed by atoms with Crippen LogP contribution >= 0.6 is 0 Å². The van der Waals surface area contributed by atoms with Crippen LogP contribution in [0.3, 0.4) is 0 Å². The van der Waals surface area contributed by atoms with Gasteiger partial charge >= 0.3 is 0 Å². The molecule has 0 aromatic carbocycles. The maximum atomic E-state index is 11.2. The summed E-state index contributed by atoms with van der Waals surface area (Å²) in [4.78, 5) is 11.2. The Morgan fingerprint density at radius 1 is 0.826 bits per heavy atom. The normalized spacial score (nSPS) is 20.5. The van der Waals surface area contributed by atoms with Crippen LogP contribution in [0.2, 0.25) is 0 Å². The third-order valence-electron chi connectivity index (χ3n) is 5.02.